The molecule has 0 bridgehead atoms. The van der Waals surface area contributed by atoms with E-state index < -0.39 is 28.2 Å². The minimum absolute atomic E-state index is 0.0945. The van der Waals surface area contributed by atoms with Crippen LogP contribution in [0, 0.1) is 0 Å². The molecule has 1 aromatic heterocycles. The molecule has 2 heterocycles. The summed E-state index contributed by atoms with van der Waals surface area (Å²) in [6.07, 6.45) is -0.187. The smallest absolute Gasteiger partial charge is 0.286 e. The topological polar surface area (TPSA) is 117 Å². The van der Waals surface area contributed by atoms with Crippen molar-refractivity contribution in [1.82, 2.24) is 21.2 Å². The predicted octanol–water partition coefficient (Wildman–Crippen LogP) is 1.28. The number of imide groups is 1. The Balaban J connectivity index is 1.41. The van der Waals surface area contributed by atoms with Gasteiger partial charge >= 0.3 is 0 Å². The first-order chi connectivity index (χ1) is 12.0. The summed E-state index contributed by atoms with van der Waals surface area (Å²) in [6, 6.07) is 7.68. The van der Waals surface area contributed by atoms with Crippen LogP contribution in [0.4, 0.5) is 4.79 Å². The highest BCUT2D eigenvalue weighted by atomic mass is 32.2. The quantitative estimate of drug-likeness (QED) is 0.515. The lowest BCUT2D eigenvalue weighted by atomic mass is 10.3. The van der Waals surface area contributed by atoms with Gasteiger partial charge in [-0.15, -0.1) is 11.3 Å². The number of nitrogens with one attached hydrogen (secondary N) is 3. The maximum absolute atomic E-state index is 11.8. The summed E-state index contributed by atoms with van der Waals surface area (Å²) in [7, 11) is 0. The van der Waals surface area contributed by atoms with Gasteiger partial charge < -0.3 is 0 Å². The van der Waals surface area contributed by atoms with E-state index in [-0.39, 0.29) is 12.2 Å². The molecule has 1 atom stereocenters. The van der Waals surface area contributed by atoms with Crippen LogP contribution in [0.25, 0.3) is 10.2 Å². The van der Waals surface area contributed by atoms with Gasteiger partial charge in [0.15, 0.2) is 4.34 Å². The van der Waals surface area contributed by atoms with E-state index in [1.165, 1.54) is 23.1 Å². The zero-order valence-electron chi connectivity index (χ0n) is 12.6. The molecule has 0 radical (unpaired) electrons. The fourth-order valence-electron chi connectivity index (χ4n) is 1.96. The van der Waals surface area contributed by atoms with E-state index in [9.17, 15) is 19.2 Å². The average Bonchev–Trinajstić information content (AvgIpc) is 3.13. The fourth-order valence-corrected chi connectivity index (χ4v) is 4.65. The number of thiazole rings is 1. The Morgan fingerprint density at radius 2 is 1.96 bits per heavy atom. The Kier molecular flexibility index (Phi) is 5.56. The summed E-state index contributed by atoms with van der Waals surface area (Å²) in [4.78, 5) is 50.3. The van der Waals surface area contributed by atoms with Crippen LogP contribution < -0.4 is 16.2 Å². The van der Waals surface area contributed by atoms with Crippen LogP contribution in [0.15, 0.2) is 28.6 Å². The van der Waals surface area contributed by atoms with E-state index in [0.717, 1.165) is 26.3 Å². The standard InChI is InChI=1S/C14H12N4O4S3/c19-10(5-9-12(21)16-13(22)24-9)17-18-11(20)6-23-14-15-7-3-1-2-4-8(7)25-14/h1-4,9H,5-6H2,(H,17,19)(H,18,20)(H,16,21,22). The largest absolute Gasteiger partial charge is 0.286 e. The number of aromatic nitrogens is 1. The lowest BCUT2D eigenvalue weighted by Crippen LogP contribution is -2.44. The molecule has 0 aliphatic carbocycles. The van der Waals surface area contributed by atoms with Gasteiger partial charge in [0.25, 0.3) is 5.24 Å². The molecule has 3 N–H and O–H groups in total. The molecule has 25 heavy (non-hydrogen) atoms. The van der Waals surface area contributed by atoms with Crippen molar-refractivity contribution in [2.75, 3.05) is 5.75 Å². The molecule has 2 aromatic rings. The number of thioether (sulfide) groups is 2. The number of rotatable bonds is 5. The SMILES string of the molecule is O=C(CSc1nc2ccccc2s1)NNC(=O)CC1SC(=O)NC1=O. The van der Waals surface area contributed by atoms with Gasteiger partial charge in [0.1, 0.15) is 5.25 Å². The minimum Gasteiger partial charge on any atom is -0.286 e. The molecule has 0 spiro atoms. The van der Waals surface area contributed by atoms with Crippen molar-refractivity contribution in [3.05, 3.63) is 24.3 Å². The zero-order valence-corrected chi connectivity index (χ0v) is 15.1. The fraction of sp³-hybridized carbons (Fsp3) is 0.214. The number of para-hydroxylation sites is 1. The van der Waals surface area contributed by atoms with E-state index >= 15 is 0 Å². The highest BCUT2D eigenvalue weighted by Gasteiger charge is 2.33. The van der Waals surface area contributed by atoms with Crippen molar-refractivity contribution in [2.24, 2.45) is 0 Å². The lowest BCUT2D eigenvalue weighted by Gasteiger charge is -2.08. The van der Waals surface area contributed by atoms with Gasteiger partial charge in [-0.05, 0) is 12.1 Å². The Morgan fingerprint density at radius 3 is 2.68 bits per heavy atom. The van der Waals surface area contributed by atoms with E-state index in [4.69, 9.17) is 0 Å². The number of amides is 4. The summed E-state index contributed by atoms with van der Waals surface area (Å²) < 4.78 is 1.81. The third kappa shape index (κ3) is 4.71. The summed E-state index contributed by atoms with van der Waals surface area (Å²) in [6.45, 7) is 0. The van der Waals surface area contributed by atoms with Crippen LogP contribution in [-0.2, 0) is 14.4 Å². The molecule has 1 aliphatic rings. The molecule has 1 aliphatic heterocycles. The Morgan fingerprint density at radius 1 is 1.20 bits per heavy atom. The predicted molar refractivity (Wildman–Crippen MR) is 96.2 cm³/mol. The normalized spacial score (nSPS) is 16.7. The number of fused-ring (bicyclic) bond motifs is 1. The third-order valence-corrected chi connectivity index (χ3v) is 6.24. The van der Waals surface area contributed by atoms with E-state index in [0.29, 0.717) is 0 Å². The van der Waals surface area contributed by atoms with Crippen LogP contribution >= 0.6 is 34.9 Å². The van der Waals surface area contributed by atoms with Crippen molar-refractivity contribution < 1.29 is 19.2 Å². The first-order valence-corrected chi connectivity index (χ1v) is 9.77. The molecule has 130 valence electrons. The maximum Gasteiger partial charge on any atom is 0.286 e. The summed E-state index contributed by atoms with van der Waals surface area (Å²) in [5.41, 5.74) is 5.39. The number of hydrogen-bond acceptors (Lipinski definition) is 8. The number of benzene rings is 1. The Bertz CT molecular complexity index is 820. The number of hydrogen-bond donors (Lipinski definition) is 3. The summed E-state index contributed by atoms with van der Waals surface area (Å²) >= 11 is 3.52. The van der Waals surface area contributed by atoms with Gasteiger partial charge in [0.2, 0.25) is 17.7 Å². The first kappa shape index (κ1) is 17.7. The molecular formula is C14H12N4O4S3. The maximum atomic E-state index is 11.8. The molecule has 1 saturated heterocycles. The number of hydrazine groups is 1. The van der Waals surface area contributed by atoms with Crippen LogP contribution in [0.5, 0.6) is 0 Å². The van der Waals surface area contributed by atoms with Crippen molar-refractivity contribution in [3.8, 4) is 0 Å². The zero-order chi connectivity index (χ0) is 17.8. The second-order valence-electron chi connectivity index (χ2n) is 4.92. The molecule has 3 rings (SSSR count). The van der Waals surface area contributed by atoms with Crippen LogP contribution in [0.1, 0.15) is 6.42 Å². The van der Waals surface area contributed by atoms with Crippen molar-refractivity contribution in [1.29, 1.82) is 0 Å². The second kappa shape index (κ2) is 7.85. The Hall–Kier alpha value is -2.11. The van der Waals surface area contributed by atoms with Gasteiger partial charge in [-0.25, -0.2) is 4.98 Å². The van der Waals surface area contributed by atoms with Gasteiger partial charge in [0.05, 0.1) is 16.0 Å². The van der Waals surface area contributed by atoms with Gasteiger partial charge in [-0.1, -0.05) is 35.7 Å². The second-order valence-corrected chi connectivity index (χ2v) is 8.35. The van der Waals surface area contributed by atoms with Gasteiger partial charge in [-0.2, -0.15) is 0 Å². The highest BCUT2D eigenvalue weighted by Crippen LogP contribution is 2.29. The molecule has 11 heteroatoms. The molecule has 0 saturated carbocycles. The average molecular weight is 396 g/mol. The summed E-state index contributed by atoms with van der Waals surface area (Å²) in [5.74, 6) is -1.34. The molecule has 4 amide bonds. The summed E-state index contributed by atoms with van der Waals surface area (Å²) in [5, 5.41) is 0.860. The lowest BCUT2D eigenvalue weighted by molar-refractivity contribution is -0.128. The van der Waals surface area contributed by atoms with E-state index in [1.807, 2.05) is 24.3 Å². The number of nitrogens with zero attached hydrogens (tertiary/aromatic N) is 1. The number of carbonyl (C=O) groups excluding carboxylic acids is 4. The van der Waals surface area contributed by atoms with Gasteiger partial charge in [-0.3, -0.25) is 35.3 Å². The van der Waals surface area contributed by atoms with Crippen molar-refractivity contribution in [2.45, 2.75) is 16.0 Å². The van der Waals surface area contributed by atoms with Gasteiger partial charge in [0, 0.05) is 6.42 Å². The van der Waals surface area contributed by atoms with Crippen LogP contribution in [0.3, 0.4) is 0 Å². The monoisotopic (exact) mass is 396 g/mol. The van der Waals surface area contributed by atoms with Crippen molar-refractivity contribution in [3.63, 3.8) is 0 Å². The number of carbonyl (C=O) groups is 4. The molecule has 1 fully saturated rings. The van der Waals surface area contributed by atoms with E-state index in [2.05, 4.69) is 21.2 Å². The molecular weight excluding hydrogens is 384 g/mol. The van der Waals surface area contributed by atoms with E-state index in [1.54, 1.807) is 0 Å². The van der Waals surface area contributed by atoms with Crippen molar-refractivity contribution >= 4 is 68.0 Å². The highest BCUT2D eigenvalue weighted by molar-refractivity contribution is 8.15. The Labute approximate surface area is 154 Å². The van der Waals surface area contributed by atoms with Crippen LogP contribution in [-0.4, -0.2) is 38.9 Å². The molecule has 8 nitrogen and oxygen atoms in total. The minimum atomic E-state index is -0.762. The van der Waals surface area contributed by atoms with Crippen LogP contribution in [0.2, 0.25) is 0 Å². The first-order valence-electron chi connectivity index (χ1n) is 7.09. The molecule has 1 aromatic carbocycles. The molecule has 1 unspecified atom stereocenters. The third-order valence-electron chi connectivity index (χ3n) is 3.08.